The zero-order valence-electron chi connectivity index (χ0n) is 7.82. The molecule has 0 spiro atoms. The number of hydrogen-bond acceptors (Lipinski definition) is 5. The Morgan fingerprint density at radius 2 is 2.12 bits per heavy atom. The summed E-state index contributed by atoms with van der Waals surface area (Å²) in [4.78, 5) is 24.1. The summed E-state index contributed by atoms with van der Waals surface area (Å²) in [6, 6.07) is 5.74. The molecule has 0 amide bonds. The van der Waals surface area contributed by atoms with Crippen molar-refractivity contribution in [3.05, 3.63) is 50.0 Å². The second-order valence-electron chi connectivity index (χ2n) is 2.92. The minimum Gasteiger partial charge on any atom is -0.422 e. The number of rotatable bonds is 2. The van der Waals surface area contributed by atoms with Gasteiger partial charge >= 0.3 is 5.63 Å². The molecular weight excluding hydrogens is 212 g/mol. The average Bonchev–Trinajstić information content (AvgIpc) is 2.30. The van der Waals surface area contributed by atoms with Crippen molar-refractivity contribution in [2.45, 2.75) is 0 Å². The summed E-state index contributed by atoms with van der Waals surface area (Å²) < 4.78 is 4.87. The molecule has 78 valence electrons. The minimum absolute atomic E-state index is 0.123. The molecule has 0 N–H and O–H groups in total. The van der Waals surface area contributed by atoms with Crippen molar-refractivity contribution >= 4 is 22.3 Å². The highest BCUT2D eigenvalue weighted by Gasteiger charge is 2.04. The van der Waals surface area contributed by atoms with Gasteiger partial charge in [-0.15, -0.1) is 4.91 Å². The first-order valence-electron chi connectivity index (χ1n) is 4.21. The Bertz CT molecular complexity index is 670. The molecule has 0 bridgehead atoms. The molecule has 0 aliphatic carbocycles. The van der Waals surface area contributed by atoms with E-state index in [4.69, 9.17) is 9.95 Å². The molecule has 7 heteroatoms. The number of nitroso groups, excluding NO2 is 1. The fourth-order valence-electron chi connectivity index (χ4n) is 1.26. The summed E-state index contributed by atoms with van der Waals surface area (Å²) in [6.45, 7) is 0. The van der Waals surface area contributed by atoms with E-state index < -0.39 is 5.63 Å². The third-order valence-electron chi connectivity index (χ3n) is 1.96. The minimum atomic E-state index is -0.756. The lowest BCUT2D eigenvalue weighted by Gasteiger charge is -1.97. The molecule has 1 aromatic heterocycles. The fourth-order valence-corrected chi connectivity index (χ4v) is 1.26. The van der Waals surface area contributed by atoms with Crippen LogP contribution in [0.15, 0.2) is 43.8 Å². The van der Waals surface area contributed by atoms with Crippen LogP contribution in [0.5, 0.6) is 0 Å². The molecule has 0 saturated heterocycles. The molecule has 0 aliphatic heterocycles. The molecule has 2 rings (SSSR count). The predicted molar refractivity (Wildman–Crippen MR) is 56.7 cm³/mol. The van der Waals surface area contributed by atoms with Crippen LogP contribution in [0.3, 0.4) is 0 Å². The lowest BCUT2D eigenvalue weighted by atomic mass is 10.2. The van der Waals surface area contributed by atoms with E-state index in [-0.39, 0.29) is 17.0 Å². The summed E-state index contributed by atoms with van der Waals surface area (Å²) in [6.07, 6.45) is 0. The van der Waals surface area contributed by atoms with Gasteiger partial charge in [-0.2, -0.15) is 0 Å². The summed E-state index contributed by atoms with van der Waals surface area (Å²) in [5, 5.41) is 6.45. The average molecular weight is 216 g/mol. The normalized spacial score (nSPS) is 9.75. The van der Waals surface area contributed by atoms with Crippen LogP contribution in [0.4, 0.5) is 11.4 Å². The van der Waals surface area contributed by atoms with Gasteiger partial charge in [0.1, 0.15) is 17.0 Å². The van der Waals surface area contributed by atoms with E-state index in [9.17, 15) is 9.70 Å². The van der Waals surface area contributed by atoms with E-state index >= 15 is 0 Å². The van der Waals surface area contributed by atoms with E-state index in [2.05, 4.69) is 15.2 Å². The van der Waals surface area contributed by atoms with E-state index in [0.717, 1.165) is 0 Å². The maximum Gasteiger partial charge on any atom is 0.345 e. The van der Waals surface area contributed by atoms with E-state index in [1.54, 1.807) is 6.07 Å². The summed E-state index contributed by atoms with van der Waals surface area (Å²) in [5.41, 5.74) is 7.72. The van der Waals surface area contributed by atoms with Crippen LogP contribution in [0.1, 0.15) is 0 Å². The van der Waals surface area contributed by atoms with Gasteiger partial charge in [-0.05, 0) is 28.9 Å². The molecule has 0 radical (unpaired) electrons. The number of hydrogen-bond donors (Lipinski definition) is 0. The maximum atomic E-state index is 11.3. The quantitative estimate of drug-likeness (QED) is 0.253. The van der Waals surface area contributed by atoms with E-state index in [1.165, 1.54) is 18.2 Å². The van der Waals surface area contributed by atoms with Gasteiger partial charge in [0, 0.05) is 16.4 Å². The Kier molecular flexibility index (Phi) is 2.37. The highest BCUT2D eigenvalue weighted by atomic mass is 16.4. The van der Waals surface area contributed by atoms with Gasteiger partial charge in [0.05, 0.1) is 0 Å². The summed E-state index contributed by atoms with van der Waals surface area (Å²) in [5.74, 6) is 0. The zero-order chi connectivity index (χ0) is 11.5. The Morgan fingerprint density at radius 1 is 1.31 bits per heavy atom. The number of benzene rings is 1. The standard InChI is InChI=1S/C9H4N4O3/c10-13-11-7-3-5-1-2-6(12-15)4-8(5)16-9(7)14/h1-4H. The topological polar surface area (TPSA) is 108 Å². The van der Waals surface area contributed by atoms with Crippen LogP contribution >= 0.6 is 0 Å². The third-order valence-corrected chi connectivity index (χ3v) is 1.96. The predicted octanol–water partition coefficient (Wildman–Crippen LogP) is 3.13. The Labute approximate surface area is 87.9 Å². The van der Waals surface area contributed by atoms with Crippen LogP contribution in [0, 0.1) is 4.91 Å². The number of nitrogens with zero attached hydrogens (tertiary/aromatic N) is 4. The van der Waals surface area contributed by atoms with Crippen molar-refractivity contribution in [3.8, 4) is 0 Å². The van der Waals surface area contributed by atoms with Crippen molar-refractivity contribution in [2.75, 3.05) is 0 Å². The van der Waals surface area contributed by atoms with Gasteiger partial charge in [0.15, 0.2) is 0 Å². The van der Waals surface area contributed by atoms with Crippen molar-refractivity contribution < 1.29 is 4.42 Å². The van der Waals surface area contributed by atoms with Crippen LogP contribution < -0.4 is 5.63 Å². The van der Waals surface area contributed by atoms with Gasteiger partial charge in [0.25, 0.3) is 0 Å². The van der Waals surface area contributed by atoms with E-state index in [1.807, 2.05) is 0 Å². The highest BCUT2D eigenvalue weighted by Crippen LogP contribution is 2.22. The van der Waals surface area contributed by atoms with Crippen LogP contribution in [-0.4, -0.2) is 0 Å². The van der Waals surface area contributed by atoms with Crippen LogP contribution in [0.25, 0.3) is 21.4 Å². The van der Waals surface area contributed by atoms with Crippen LogP contribution in [-0.2, 0) is 0 Å². The van der Waals surface area contributed by atoms with Crippen molar-refractivity contribution in [1.82, 2.24) is 0 Å². The Hall–Kier alpha value is -2.66. The van der Waals surface area contributed by atoms with Crippen LogP contribution in [0.2, 0.25) is 0 Å². The lowest BCUT2D eigenvalue weighted by Crippen LogP contribution is -1.96. The second-order valence-corrected chi connectivity index (χ2v) is 2.92. The molecule has 0 fully saturated rings. The monoisotopic (exact) mass is 216 g/mol. The maximum absolute atomic E-state index is 11.3. The molecule has 0 aliphatic rings. The molecule has 1 heterocycles. The zero-order valence-corrected chi connectivity index (χ0v) is 7.82. The van der Waals surface area contributed by atoms with Gasteiger partial charge in [-0.1, -0.05) is 5.11 Å². The van der Waals surface area contributed by atoms with Gasteiger partial charge in [-0.3, -0.25) is 0 Å². The van der Waals surface area contributed by atoms with Crippen molar-refractivity contribution in [2.24, 2.45) is 10.3 Å². The van der Waals surface area contributed by atoms with Gasteiger partial charge in [0.2, 0.25) is 0 Å². The smallest absolute Gasteiger partial charge is 0.345 e. The first-order valence-corrected chi connectivity index (χ1v) is 4.21. The largest absolute Gasteiger partial charge is 0.422 e. The summed E-state index contributed by atoms with van der Waals surface area (Å²) in [7, 11) is 0. The molecular formula is C9H4N4O3. The molecule has 7 nitrogen and oxygen atoms in total. The SMILES string of the molecule is [N-]=[N+]=Nc1cc2ccc(N=O)cc2oc1=O. The Balaban J connectivity index is 2.78. The summed E-state index contributed by atoms with van der Waals surface area (Å²) >= 11 is 0. The first kappa shape index (κ1) is 9.88. The first-order chi connectivity index (χ1) is 7.74. The molecule has 0 unspecified atom stereocenters. The van der Waals surface area contributed by atoms with E-state index in [0.29, 0.717) is 5.39 Å². The molecule has 0 saturated carbocycles. The van der Waals surface area contributed by atoms with Crippen molar-refractivity contribution in [3.63, 3.8) is 0 Å². The van der Waals surface area contributed by atoms with Gasteiger partial charge in [-0.25, -0.2) is 4.79 Å². The Morgan fingerprint density at radius 3 is 2.81 bits per heavy atom. The third kappa shape index (κ3) is 1.62. The highest BCUT2D eigenvalue weighted by molar-refractivity contribution is 5.81. The number of fused-ring (bicyclic) bond motifs is 1. The van der Waals surface area contributed by atoms with Gasteiger partial charge < -0.3 is 4.42 Å². The molecule has 1 aromatic carbocycles. The molecule has 0 atom stereocenters. The lowest BCUT2D eigenvalue weighted by molar-refractivity contribution is 0.562. The second kappa shape index (κ2) is 3.84. The molecule has 16 heavy (non-hydrogen) atoms. The fraction of sp³-hybridized carbons (Fsp3) is 0. The molecule has 2 aromatic rings. The number of azide groups is 1. The van der Waals surface area contributed by atoms with Crippen molar-refractivity contribution in [1.29, 1.82) is 0 Å².